The van der Waals surface area contributed by atoms with Gasteiger partial charge in [-0.3, -0.25) is 10.1 Å². The third-order valence-corrected chi connectivity index (χ3v) is 3.63. The number of urea groups is 1. The highest BCUT2D eigenvalue weighted by atomic mass is 35.5. The number of nitrogens with one attached hydrogen (secondary N) is 2. The molecule has 1 aromatic carbocycles. The van der Waals surface area contributed by atoms with Crippen LogP contribution in [0.2, 0.25) is 5.15 Å². The lowest BCUT2D eigenvalue weighted by Crippen LogP contribution is -2.49. The molecule has 9 heteroatoms. The van der Waals surface area contributed by atoms with E-state index in [0.717, 1.165) is 0 Å². The van der Waals surface area contributed by atoms with Crippen molar-refractivity contribution >= 4 is 29.5 Å². The number of ether oxygens (including phenoxy) is 1. The maximum Gasteiger partial charge on any atom is 0.343 e. The van der Waals surface area contributed by atoms with Crippen LogP contribution in [0.15, 0.2) is 30.3 Å². The van der Waals surface area contributed by atoms with Crippen LogP contribution >= 0.6 is 11.6 Å². The molecule has 0 unspecified atom stereocenters. The number of nitrogens with zero attached hydrogens (tertiary/aromatic N) is 2. The molecule has 1 aromatic heterocycles. The van der Waals surface area contributed by atoms with Gasteiger partial charge in [0.25, 0.3) is 5.91 Å². The average molecular weight is 393 g/mol. The van der Waals surface area contributed by atoms with Crippen molar-refractivity contribution < 1.29 is 19.1 Å². The molecule has 0 radical (unpaired) electrons. The molecule has 2 N–H and O–H groups in total. The standard InChI is InChI=1S/C18H21ClN4O4/c1-11-14(15(19)23(22-11)12-8-6-5-7-9-12)16(25)27-10-13(24)20-17(26)21-18(2,3)4/h5-9H,10H2,1-4H3,(H2,20,21,24,26). The van der Waals surface area contributed by atoms with Gasteiger partial charge < -0.3 is 10.1 Å². The number of amides is 3. The Bertz CT molecular complexity index is 856. The lowest BCUT2D eigenvalue weighted by Gasteiger charge is -2.20. The molecular weight excluding hydrogens is 372 g/mol. The van der Waals surface area contributed by atoms with Crippen molar-refractivity contribution in [2.75, 3.05) is 6.61 Å². The number of hydrogen-bond acceptors (Lipinski definition) is 5. The first-order valence-corrected chi connectivity index (χ1v) is 8.56. The second-order valence-corrected chi connectivity index (χ2v) is 7.19. The maximum absolute atomic E-state index is 12.3. The highest BCUT2D eigenvalue weighted by Gasteiger charge is 2.23. The van der Waals surface area contributed by atoms with Crippen LogP contribution in [-0.4, -0.2) is 39.8 Å². The molecule has 0 fully saturated rings. The minimum absolute atomic E-state index is 0.0625. The van der Waals surface area contributed by atoms with Crippen LogP contribution in [0.3, 0.4) is 0 Å². The predicted octanol–water partition coefficient (Wildman–Crippen LogP) is 2.62. The van der Waals surface area contributed by atoms with E-state index in [4.69, 9.17) is 16.3 Å². The zero-order valence-corrected chi connectivity index (χ0v) is 16.3. The van der Waals surface area contributed by atoms with Gasteiger partial charge in [0, 0.05) is 5.54 Å². The van der Waals surface area contributed by atoms with Crippen molar-refractivity contribution in [3.05, 3.63) is 46.7 Å². The van der Waals surface area contributed by atoms with Gasteiger partial charge in [-0.25, -0.2) is 14.3 Å². The molecule has 0 saturated carbocycles. The summed E-state index contributed by atoms with van der Waals surface area (Å²) in [6.07, 6.45) is 0. The van der Waals surface area contributed by atoms with Gasteiger partial charge in [0.2, 0.25) is 0 Å². The fourth-order valence-electron chi connectivity index (χ4n) is 2.21. The van der Waals surface area contributed by atoms with Crippen LogP contribution in [0, 0.1) is 6.92 Å². The van der Waals surface area contributed by atoms with E-state index in [1.807, 2.05) is 18.2 Å². The Labute approximate surface area is 161 Å². The van der Waals surface area contributed by atoms with E-state index in [9.17, 15) is 14.4 Å². The Balaban J connectivity index is 2.02. The molecule has 2 aromatic rings. The van der Waals surface area contributed by atoms with Crippen molar-refractivity contribution in [2.45, 2.75) is 33.2 Å². The largest absolute Gasteiger partial charge is 0.452 e. The first-order valence-electron chi connectivity index (χ1n) is 8.18. The van der Waals surface area contributed by atoms with Crippen molar-refractivity contribution in [1.82, 2.24) is 20.4 Å². The number of rotatable bonds is 4. The number of carbonyl (C=O) groups excluding carboxylic acids is 3. The van der Waals surface area contributed by atoms with Gasteiger partial charge in [0.1, 0.15) is 10.7 Å². The Morgan fingerprint density at radius 2 is 1.81 bits per heavy atom. The van der Waals surface area contributed by atoms with Crippen LogP contribution in [0.4, 0.5) is 4.79 Å². The highest BCUT2D eigenvalue weighted by molar-refractivity contribution is 6.33. The summed E-state index contributed by atoms with van der Waals surface area (Å²) in [4.78, 5) is 35.7. The van der Waals surface area contributed by atoms with Gasteiger partial charge in [-0.2, -0.15) is 5.10 Å². The first-order chi connectivity index (χ1) is 12.6. The predicted molar refractivity (Wildman–Crippen MR) is 100 cm³/mol. The Morgan fingerprint density at radius 3 is 2.41 bits per heavy atom. The first kappa shape index (κ1) is 20.4. The summed E-state index contributed by atoms with van der Waals surface area (Å²) in [6.45, 7) is 6.30. The number of aryl methyl sites for hydroxylation is 1. The molecule has 0 aliphatic rings. The van der Waals surface area contributed by atoms with E-state index in [2.05, 4.69) is 15.7 Å². The molecule has 0 atom stereocenters. The number of imide groups is 1. The Hall–Kier alpha value is -2.87. The van der Waals surface area contributed by atoms with Crippen LogP contribution in [0.5, 0.6) is 0 Å². The fourth-order valence-corrected chi connectivity index (χ4v) is 2.56. The van der Waals surface area contributed by atoms with Gasteiger partial charge in [-0.15, -0.1) is 0 Å². The normalized spacial score (nSPS) is 11.0. The zero-order valence-electron chi connectivity index (χ0n) is 15.5. The number of carbonyl (C=O) groups is 3. The van der Waals surface area contributed by atoms with Crippen LogP contribution in [0.1, 0.15) is 36.8 Å². The number of halogens is 1. The number of para-hydroxylation sites is 1. The Morgan fingerprint density at radius 1 is 1.19 bits per heavy atom. The molecule has 2 rings (SSSR count). The second kappa shape index (κ2) is 8.22. The van der Waals surface area contributed by atoms with E-state index < -0.39 is 30.1 Å². The smallest absolute Gasteiger partial charge is 0.343 e. The molecule has 0 aliphatic carbocycles. The van der Waals surface area contributed by atoms with Gasteiger partial charge in [0.15, 0.2) is 6.61 Å². The summed E-state index contributed by atoms with van der Waals surface area (Å²) >= 11 is 6.27. The molecule has 0 saturated heterocycles. The van der Waals surface area contributed by atoms with Crippen LogP contribution in [-0.2, 0) is 9.53 Å². The van der Waals surface area contributed by atoms with E-state index in [1.54, 1.807) is 39.8 Å². The molecule has 3 amide bonds. The summed E-state index contributed by atoms with van der Waals surface area (Å²) in [5, 5.41) is 8.96. The molecule has 0 aliphatic heterocycles. The quantitative estimate of drug-likeness (QED) is 0.778. The number of benzene rings is 1. The van der Waals surface area contributed by atoms with Crippen LogP contribution in [0.25, 0.3) is 5.69 Å². The van der Waals surface area contributed by atoms with Gasteiger partial charge in [-0.1, -0.05) is 29.8 Å². The Kier molecular flexibility index (Phi) is 6.22. The zero-order chi connectivity index (χ0) is 20.2. The molecule has 8 nitrogen and oxygen atoms in total. The summed E-state index contributed by atoms with van der Waals surface area (Å²) in [6, 6.07) is 8.37. The van der Waals surface area contributed by atoms with E-state index in [1.165, 1.54) is 4.68 Å². The van der Waals surface area contributed by atoms with Crippen molar-refractivity contribution in [3.63, 3.8) is 0 Å². The fraction of sp³-hybridized carbons (Fsp3) is 0.333. The molecule has 0 spiro atoms. The topological polar surface area (TPSA) is 102 Å². The van der Waals surface area contributed by atoms with Crippen molar-refractivity contribution in [3.8, 4) is 5.69 Å². The third kappa shape index (κ3) is 5.55. The molecular formula is C18H21ClN4O4. The second-order valence-electron chi connectivity index (χ2n) is 6.83. The number of aromatic nitrogens is 2. The molecule has 0 bridgehead atoms. The van der Waals surface area contributed by atoms with Crippen LogP contribution < -0.4 is 10.6 Å². The van der Waals surface area contributed by atoms with Gasteiger partial charge in [-0.05, 0) is 39.8 Å². The molecule has 144 valence electrons. The minimum atomic E-state index is -0.800. The summed E-state index contributed by atoms with van der Waals surface area (Å²) in [7, 11) is 0. The van der Waals surface area contributed by atoms with E-state index in [-0.39, 0.29) is 10.7 Å². The lowest BCUT2D eigenvalue weighted by atomic mass is 10.1. The lowest BCUT2D eigenvalue weighted by molar-refractivity contribution is -0.123. The summed E-state index contributed by atoms with van der Waals surface area (Å²) in [5.74, 6) is -1.56. The SMILES string of the molecule is Cc1nn(-c2ccccc2)c(Cl)c1C(=O)OCC(=O)NC(=O)NC(C)(C)C. The summed E-state index contributed by atoms with van der Waals surface area (Å²) in [5.41, 5.74) is 0.603. The number of hydrogen-bond donors (Lipinski definition) is 2. The minimum Gasteiger partial charge on any atom is -0.452 e. The number of esters is 1. The van der Waals surface area contributed by atoms with E-state index in [0.29, 0.717) is 11.4 Å². The van der Waals surface area contributed by atoms with Gasteiger partial charge >= 0.3 is 12.0 Å². The van der Waals surface area contributed by atoms with Gasteiger partial charge in [0.05, 0.1) is 11.4 Å². The molecule has 27 heavy (non-hydrogen) atoms. The summed E-state index contributed by atoms with van der Waals surface area (Å²) < 4.78 is 6.37. The van der Waals surface area contributed by atoms with Crippen molar-refractivity contribution in [2.24, 2.45) is 0 Å². The molecule has 1 heterocycles. The maximum atomic E-state index is 12.3. The van der Waals surface area contributed by atoms with Crippen molar-refractivity contribution in [1.29, 1.82) is 0 Å². The average Bonchev–Trinajstić information content (AvgIpc) is 2.86. The monoisotopic (exact) mass is 392 g/mol. The highest BCUT2D eigenvalue weighted by Crippen LogP contribution is 2.24. The van der Waals surface area contributed by atoms with E-state index >= 15 is 0 Å². The third-order valence-electron chi connectivity index (χ3n) is 3.28.